The van der Waals surface area contributed by atoms with Crippen molar-refractivity contribution in [2.24, 2.45) is 0 Å². The largest absolute Gasteiger partial charge is 0.452 e. The monoisotopic (exact) mass is 537 g/mol. The quantitative estimate of drug-likeness (QED) is 0.225. The van der Waals surface area contributed by atoms with Crippen LogP contribution < -0.4 is 0 Å². The van der Waals surface area contributed by atoms with Gasteiger partial charge in [0.15, 0.2) is 5.58 Å². The zero-order chi connectivity index (χ0) is 27.6. The third-order valence-corrected chi connectivity index (χ3v) is 8.19. The summed E-state index contributed by atoms with van der Waals surface area (Å²) in [5.74, 6) is 0.621. The molecule has 0 spiro atoms. The number of para-hydroxylation sites is 2. The molecule has 0 atom stereocenters. The minimum atomic E-state index is 0.621. The molecule has 0 saturated heterocycles. The topological polar surface area (TPSA) is 43.9 Å². The second kappa shape index (κ2) is 8.88. The van der Waals surface area contributed by atoms with E-state index in [2.05, 4.69) is 120 Å². The Labute approximate surface area is 241 Å². The molecule has 0 bridgehead atoms. The molecule has 6 aromatic carbocycles. The first kappa shape index (κ1) is 23.0. The van der Waals surface area contributed by atoms with Gasteiger partial charge in [-0.05, 0) is 58.3 Å². The molecule has 0 radical (unpaired) electrons. The Morgan fingerprint density at radius 1 is 0.476 bits per heavy atom. The lowest BCUT2D eigenvalue weighted by Gasteiger charge is -2.11. The fraction of sp³-hybridized carbons (Fsp3) is 0. The van der Waals surface area contributed by atoms with Crippen molar-refractivity contribution in [3.05, 3.63) is 140 Å². The molecule has 0 aliphatic rings. The van der Waals surface area contributed by atoms with Crippen molar-refractivity contribution in [3.8, 4) is 28.3 Å². The number of rotatable bonds is 3. The van der Waals surface area contributed by atoms with Gasteiger partial charge in [-0.1, -0.05) is 103 Å². The molecule has 9 aromatic rings. The van der Waals surface area contributed by atoms with E-state index in [0.29, 0.717) is 11.5 Å². The molecule has 0 N–H and O–H groups in total. The van der Waals surface area contributed by atoms with Crippen LogP contribution in [-0.2, 0) is 0 Å². The predicted molar refractivity (Wildman–Crippen MR) is 172 cm³/mol. The lowest BCUT2D eigenvalue weighted by molar-refractivity contribution is 0.666. The number of benzene rings is 6. The van der Waals surface area contributed by atoms with Crippen LogP contribution in [0.5, 0.6) is 0 Å². The molecule has 4 nitrogen and oxygen atoms in total. The second-order valence-electron chi connectivity index (χ2n) is 10.7. The van der Waals surface area contributed by atoms with Crippen LogP contribution in [0.4, 0.5) is 0 Å². The van der Waals surface area contributed by atoms with Crippen LogP contribution >= 0.6 is 0 Å². The maximum Gasteiger partial charge on any atom is 0.236 e. The fourth-order valence-corrected chi connectivity index (χ4v) is 6.22. The number of furan rings is 1. The van der Waals surface area contributed by atoms with Gasteiger partial charge >= 0.3 is 0 Å². The Morgan fingerprint density at radius 2 is 1.17 bits per heavy atom. The van der Waals surface area contributed by atoms with E-state index < -0.39 is 0 Å². The average Bonchev–Trinajstić information content (AvgIpc) is 3.59. The van der Waals surface area contributed by atoms with Crippen LogP contribution in [0, 0.1) is 0 Å². The average molecular weight is 538 g/mol. The van der Waals surface area contributed by atoms with Crippen molar-refractivity contribution >= 4 is 54.6 Å². The highest BCUT2D eigenvalue weighted by Gasteiger charge is 2.21. The van der Waals surface area contributed by atoms with Gasteiger partial charge in [0.05, 0.1) is 11.0 Å². The summed E-state index contributed by atoms with van der Waals surface area (Å²) < 4.78 is 8.65. The van der Waals surface area contributed by atoms with Gasteiger partial charge in [-0.2, -0.15) is 0 Å². The van der Waals surface area contributed by atoms with E-state index in [1.807, 2.05) is 24.3 Å². The summed E-state index contributed by atoms with van der Waals surface area (Å²) in [5.41, 5.74) is 8.48. The summed E-state index contributed by atoms with van der Waals surface area (Å²) in [4.78, 5) is 10.5. The number of hydrogen-bond acceptors (Lipinski definition) is 3. The fourth-order valence-electron chi connectivity index (χ4n) is 6.22. The van der Waals surface area contributed by atoms with Crippen LogP contribution in [0.1, 0.15) is 0 Å². The summed E-state index contributed by atoms with van der Waals surface area (Å²) in [6.45, 7) is 0. The lowest BCUT2D eigenvalue weighted by Crippen LogP contribution is -2.03. The number of aromatic nitrogens is 3. The van der Waals surface area contributed by atoms with E-state index in [1.54, 1.807) is 0 Å². The summed E-state index contributed by atoms with van der Waals surface area (Å²) in [6, 6.07) is 48.5. The summed E-state index contributed by atoms with van der Waals surface area (Å²) in [7, 11) is 0. The van der Waals surface area contributed by atoms with Gasteiger partial charge in [0.2, 0.25) is 5.95 Å². The molecule has 3 heterocycles. The van der Waals surface area contributed by atoms with E-state index >= 15 is 0 Å². The molecular formula is C38H23N3O. The zero-order valence-electron chi connectivity index (χ0n) is 22.5. The van der Waals surface area contributed by atoms with Gasteiger partial charge in [0, 0.05) is 21.7 Å². The zero-order valence-corrected chi connectivity index (χ0v) is 22.5. The Balaban J connectivity index is 1.39. The first-order chi connectivity index (χ1) is 20.8. The summed E-state index contributed by atoms with van der Waals surface area (Å²) in [6.07, 6.45) is 0. The van der Waals surface area contributed by atoms with Crippen LogP contribution in [0.15, 0.2) is 144 Å². The molecule has 3 aromatic heterocycles. The van der Waals surface area contributed by atoms with Crippen molar-refractivity contribution in [1.82, 2.24) is 14.5 Å². The Kier molecular flexibility index (Phi) is 4.87. The summed E-state index contributed by atoms with van der Waals surface area (Å²) in [5, 5.41) is 5.72. The minimum absolute atomic E-state index is 0.621. The van der Waals surface area contributed by atoms with E-state index in [0.717, 1.165) is 49.9 Å². The van der Waals surface area contributed by atoms with Gasteiger partial charge in [-0.15, -0.1) is 0 Å². The minimum Gasteiger partial charge on any atom is -0.452 e. The smallest absolute Gasteiger partial charge is 0.236 e. The van der Waals surface area contributed by atoms with Gasteiger partial charge < -0.3 is 4.42 Å². The van der Waals surface area contributed by atoms with E-state index in [4.69, 9.17) is 14.4 Å². The summed E-state index contributed by atoms with van der Waals surface area (Å²) >= 11 is 0. The lowest BCUT2D eigenvalue weighted by atomic mass is 10.0. The van der Waals surface area contributed by atoms with Crippen molar-refractivity contribution in [1.29, 1.82) is 0 Å². The third-order valence-electron chi connectivity index (χ3n) is 8.19. The first-order valence-corrected chi connectivity index (χ1v) is 14.1. The highest BCUT2D eigenvalue weighted by molar-refractivity contribution is 6.14. The third kappa shape index (κ3) is 3.42. The van der Waals surface area contributed by atoms with Gasteiger partial charge in [-0.3, -0.25) is 4.57 Å². The molecule has 0 unspecified atom stereocenters. The van der Waals surface area contributed by atoms with Crippen LogP contribution in [0.2, 0.25) is 0 Å². The van der Waals surface area contributed by atoms with Gasteiger partial charge in [-0.25, -0.2) is 9.97 Å². The Morgan fingerprint density at radius 3 is 2.05 bits per heavy atom. The maximum absolute atomic E-state index is 6.45. The van der Waals surface area contributed by atoms with Crippen LogP contribution in [0.25, 0.3) is 83.0 Å². The van der Waals surface area contributed by atoms with E-state index in [9.17, 15) is 0 Å². The molecule has 0 saturated carbocycles. The standard InChI is InChI=1S/C38H23N3O/c1-2-11-24(12-3-1)25-15-10-16-28(21-25)35-37-36(30-18-7-9-20-34(30)42-37)40-38(39-35)41-32-19-8-6-17-29(32)31-22-26-13-4-5-14-27(26)23-33(31)41/h1-23H. The van der Waals surface area contributed by atoms with Crippen molar-refractivity contribution < 1.29 is 4.42 Å². The Bertz CT molecular complexity index is 2470. The normalized spacial score (nSPS) is 11.8. The number of hydrogen-bond donors (Lipinski definition) is 0. The first-order valence-electron chi connectivity index (χ1n) is 14.1. The SMILES string of the molecule is c1ccc(-c2cccc(-c3nc(-n4c5ccccc5c5cc6ccccc6cc54)nc4c3oc3ccccc34)c2)cc1. The molecule has 42 heavy (non-hydrogen) atoms. The molecule has 196 valence electrons. The molecule has 4 heteroatoms. The van der Waals surface area contributed by atoms with Crippen molar-refractivity contribution in [2.45, 2.75) is 0 Å². The van der Waals surface area contributed by atoms with Crippen LogP contribution in [0.3, 0.4) is 0 Å². The number of fused-ring (bicyclic) bond motifs is 7. The molecule has 0 amide bonds. The molecule has 0 aliphatic heterocycles. The predicted octanol–water partition coefficient (Wildman–Crippen LogP) is 9.96. The van der Waals surface area contributed by atoms with E-state index in [1.165, 1.54) is 21.5 Å². The van der Waals surface area contributed by atoms with Gasteiger partial charge in [0.1, 0.15) is 16.8 Å². The maximum atomic E-state index is 6.45. The molecule has 0 aliphatic carbocycles. The van der Waals surface area contributed by atoms with E-state index in [-0.39, 0.29) is 0 Å². The highest BCUT2D eigenvalue weighted by atomic mass is 16.3. The van der Waals surface area contributed by atoms with Crippen molar-refractivity contribution in [2.75, 3.05) is 0 Å². The Hall–Kier alpha value is -5.74. The molecule has 9 rings (SSSR count). The molecule has 0 fully saturated rings. The van der Waals surface area contributed by atoms with Crippen LogP contribution in [-0.4, -0.2) is 14.5 Å². The number of nitrogens with zero attached hydrogens (tertiary/aromatic N) is 3. The van der Waals surface area contributed by atoms with Gasteiger partial charge in [0.25, 0.3) is 0 Å². The highest BCUT2D eigenvalue weighted by Crippen LogP contribution is 2.38. The molecular weight excluding hydrogens is 514 g/mol. The van der Waals surface area contributed by atoms with Crippen molar-refractivity contribution in [3.63, 3.8) is 0 Å². The second-order valence-corrected chi connectivity index (χ2v) is 10.7.